The van der Waals surface area contributed by atoms with Crippen LogP contribution in [0.5, 0.6) is 0 Å². The summed E-state index contributed by atoms with van der Waals surface area (Å²) < 4.78 is 1.01. The predicted molar refractivity (Wildman–Crippen MR) is 59.3 cm³/mol. The lowest BCUT2D eigenvalue weighted by atomic mass is 10.4. The maximum absolute atomic E-state index is 5.63. The van der Waals surface area contributed by atoms with Gasteiger partial charge in [0, 0.05) is 11.9 Å². The zero-order valence-corrected chi connectivity index (χ0v) is 8.81. The van der Waals surface area contributed by atoms with Crippen LogP contribution in [0.15, 0.2) is 33.8 Å². The molecule has 0 saturated carbocycles. The number of nitrogens with two attached hydrogens (primary N) is 2. The molecule has 0 unspecified atom stereocenters. The van der Waals surface area contributed by atoms with Crippen LogP contribution in [0, 0.1) is 0 Å². The van der Waals surface area contributed by atoms with Crippen molar-refractivity contribution in [1.82, 2.24) is 9.97 Å². The molecular weight excluding hydrogens is 216 g/mol. The zero-order chi connectivity index (χ0) is 9.97. The third-order valence-electron chi connectivity index (χ3n) is 1.47. The molecular formula is C8H8N4S2. The molecule has 4 nitrogen and oxygen atoms in total. The Labute approximate surface area is 89.4 Å². The van der Waals surface area contributed by atoms with Crippen molar-refractivity contribution >= 4 is 33.9 Å². The van der Waals surface area contributed by atoms with E-state index in [-0.39, 0.29) is 0 Å². The molecule has 0 amide bonds. The maximum Gasteiger partial charge on any atom is 0.181 e. The van der Waals surface area contributed by atoms with Gasteiger partial charge in [-0.05, 0) is 12.1 Å². The van der Waals surface area contributed by atoms with E-state index >= 15 is 0 Å². The fourth-order valence-electron chi connectivity index (χ4n) is 0.903. The molecule has 4 N–H and O–H groups in total. The lowest BCUT2D eigenvalue weighted by Crippen LogP contribution is -1.85. The minimum Gasteiger partial charge on any atom is -0.399 e. The first-order valence-electron chi connectivity index (χ1n) is 3.85. The molecule has 0 aliphatic carbocycles. The number of nitrogen functional groups attached to an aromatic ring is 2. The second-order valence-corrected chi connectivity index (χ2v) is 4.93. The summed E-state index contributed by atoms with van der Waals surface area (Å²) in [5.74, 6) is 0. The normalized spacial score (nSPS) is 10.3. The van der Waals surface area contributed by atoms with Crippen molar-refractivity contribution in [2.75, 3.05) is 11.5 Å². The standard InChI is InChI=1S/C8H8N4S2/c9-5-1-2-11-6(3-5)13-7-4-12-8(10)14-7/h1-4H,(H2,9,11)(H2,10,12). The summed E-state index contributed by atoms with van der Waals surface area (Å²) in [6.07, 6.45) is 3.41. The third kappa shape index (κ3) is 2.15. The molecule has 2 aromatic rings. The quantitative estimate of drug-likeness (QED) is 0.814. The summed E-state index contributed by atoms with van der Waals surface area (Å²) in [6.45, 7) is 0. The van der Waals surface area contributed by atoms with Crippen LogP contribution in [0.3, 0.4) is 0 Å². The maximum atomic E-state index is 5.63. The van der Waals surface area contributed by atoms with Crippen LogP contribution in [-0.2, 0) is 0 Å². The summed E-state index contributed by atoms with van der Waals surface area (Å²) >= 11 is 2.94. The van der Waals surface area contributed by atoms with Gasteiger partial charge in [0.25, 0.3) is 0 Å². The van der Waals surface area contributed by atoms with Crippen molar-refractivity contribution in [3.8, 4) is 0 Å². The molecule has 0 saturated heterocycles. The highest BCUT2D eigenvalue weighted by molar-refractivity contribution is 8.01. The van der Waals surface area contributed by atoms with Gasteiger partial charge in [-0.15, -0.1) is 0 Å². The zero-order valence-electron chi connectivity index (χ0n) is 7.18. The van der Waals surface area contributed by atoms with Gasteiger partial charge in [-0.25, -0.2) is 9.97 Å². The van der Waals surface area contributed by atoms with E-state index in [9.17, 15) is 0 Å². The summed E-state index contributed by atoms with van der Waals surface area (Å²) in [5, 5.41) is 1.42. The lowest BCUT2D eigenvalue weighted by Gasteiger charge is -1.97. The van der Waals surface area contributed by atoms with Crippen LogP contribution in [0.4, 0.5) is 10.8 Å². The summed E-state index contributed by atoms with van der Waals surface area (Å²) in [4.78, 5) is 8.12. The molecule has 6 heteroatoms. The number of anilines is 2. The van der Waals surface area contributed by atoms with Gasteiger partial charge in [-0.2, -0.15) is 0 Å². The van der Waals surface area contributed by atoms with Crippen molar-refractivity contribution in [3.05, 3.63) is 24.5 Å². The smallest absolute Gasteiger partial charge is 0.181 e. The van der Waals surface area contributed by atoms with Crippen LogP contribution >= 0.6 is 23.1 Å². The monoisotopic (exact) mass is 224 g/mol. The molecule has 2 aromatic heterocycles. The Morgan fingerprint density at radius 3 is 2.79 bits per heavy atom. The molecule has 0 fully saturated rings. The molecule has 0 spiro atoms. The van der Waals surface area contributed by atoms with Gasteiger partial charge in [0.1, 0.15) is 5.03 Å². The molecule has 2 rings (SSSR count). The van der Waals surface area contributed by atoms with Crippen molar-refractivity contribution in [3.63, 3.8) is 0 Å². The predicted octanol–water partition coefficient (Wildman–Crippen LogP) is 1.85. The molecule has 0 radical (unpaired) electrons. The number of nitrogens with zero attached hydrogens (tertiary/aromatic N) is 2. The van der Waals surface area contributed by atoms with E-state index in [4.69, 9.17) is 11.5 Å². The van der Waals surface area contributed by atoms with E-state index in [1.165, 1.54) is 23.1 Å². The highest BCUT2D eigenvalue weighted by Crippen LogP contribution is 2.32. The Kier molecular flexibility index (Phi) is 2.55. The van der Waals surface area contributed by atoms with E-state index in [2.05, 4.69) is 9.97 Å². The van der Waals surface area contributed by atoms with E-state index in [0.717, 1.165) is 9.24 Å². The van der Waals surface area contributed by atoms with Crippen molar-refractivity contribution in [1.29, 1.82) is 0 Å². The van der Waals surface area contributed by atoms with Crippen molar-refractivity contribution in [2.45, 2.75) is 9.24 Å². The fourth-order valence-corrected chi connectivity index (χ4v) is 2.62. The van der Waals surface area contributed by atoms with Gasteiger partial charge in [0.2, 0.25) is 0 Å². The third-order valence-corrected chi connectivity index (χ3v) is 3.33. The lowest BCUT2D eigenvalue weighted by molar-refractivity contribution is 1.14. The minimum atomic E-state index is 0.566. The van der Waals surface area contributed by atoms with Gasteiger partial charge in [0.05, 0.1) is 10.4 Å². The molecule has 0 aliphatic rings. The minimum absolute atomic E-state index is 0.566. The molecule has 14 heavy (non-hydrogen) atoms. The Bertz CT molecular complexity index is 440. The first kappa shape index (κ1) is 9.29. The van der Waals surface area contributed by atoms with E-state index in [1.807, 2.05) is 6.07 Å². The Hall–Kier alpha value is -1.27. The summed E-state index contributed by atoms with van der Waals surface area (Å²) in [5.41, 5.74) is 11.8. The molecule has 72 valence electrons. The fraction of sp³-hybridized carbons (Fsp3) is 0. The van der Waals surface area contributed by atoms with Crippen LogP contribution < -0.4 is 11.5 Å². The van der Waals surface area contributed by atoms with E-state index in [1.54, 1.807) is 18.5 Å². The summed E-state index contributed by atoms with van der Waals surface area (Å²) in [7, 11) is 0. The largest absolute Gasteiger partial charge is 0.399 e. The average Bonchev–Trinajstić information content (AvgIpc) is 2.51. The van der Waals surface area contributed by atoms with E-state index in [0.29, 0.717) is 10.8 Å². The summed E-state index contributed by atoms with van der Waals surface area (Å²) in [6, 6.07) is 3.58. The molecule has 0 aromatic carbocycles. The number of thiazole rings is 1. The molecule has 0 atom stereocenters. The Morgan fingerprint density at radius 1 is 1.29 bits per heavy atom. The number of hydrogen-bond acceptors (Lipinski definition) is 6. The number of hydrogen-bond donors (Lipinski definition) is 2. The second-order valence-electron chi connectivity index (χ2n) is 2.55. The molecule has 0 bridgehead atoms. The first-order chi connectivity index (χ1) is 6.74. The van der Waals surface area contributed by atoms with Crippen molar-refractivity contribution < 1.29 is 0 Å². The first-order valence-corrected chi connectivity index (χ1v) is 5.48. The van der Waals surface area contributed by atoms with Crippen LogP contribution in [-0.4, -0.2) is 9.97 Å². The highest BCUT2D eigenvalue weighted by atomic mass is 32.2. The average molecular weight is 224 g/mol. The van der Waals surface area contributed by atoms with Gasteiger partial charge >= 0.3 is 0 Å². The topological polar surface area (TPSA) is 77.8 Å². The Morgan fingerprint density at radius 2 is 2.14 bits per heavy atom. The molecule has 2 heterocycles. The van der Waals surface area contributed by atoms with E-state index < -0.39 is 0 Å². The van der Waals surface area contributed by atoms with Gasteiger partial charge < -0.3 is 11.5 Å². The highest BCUT2D eigenvalue weighted by Gasteiger charge is 2.02. The number of aromatic nitrogens is 2. The van der Waals surface area contributed by atoms with Gasteiger partial charge in [0.15, 0.2) is 5.13 Å². The van der Waals surface area contributed by atoms with Gasteiger partial charge in [-0.1, -0.05) is 23.1 Å². The van der Waals surface area contributed by atoms with Crippen LogP contribution in [0.1, 0.15) is 0 Å². The SMILES string of the molecule is Nc1ccnc(Sc2cnc(N)s2)c1. The van der Waals surface area contributed by atoms with Crippen molar-refractivity contribution in [2.24, 2.45) is 0 Å². The van der Waals surface area contributed by atoms with Crippen LogP contribution in [0.2, 0.25) is 0 Å². The van der Waals surface area contributed by atoms with Gasteiger partial charge in [-0.3, -0.25) is 0 Å². The number of pyridine rings is 1. The van der Waals surface area contributed by atoms with Crippen LogP contribution in [0.25, 0.3) is 0 Å². The Balaban J connectivity index is 2.18. The number of rotatable bonds is 2. The second kappa shape index (κ2) is 3.85. The molecule has 0 aliphatic heterocycles.